The standard InChI is InChI=1S/C29H39N3O6/c1-2-20-36-25-13-7-6-12-24(25)22-14-18-30(19-15-22)16-8-9-17-31-21-29(37-26(33)27(34)38-29)32(28(31)35)23-10-4-3-5-11-23/h6-7,12-14,23H,2-5,8-11,15-21H2,1H3. The fraction of sp³-hybridized carbons (Fsp3) is 0.621. The highest BCUT2D eigenvalue weighted by Gasteiger charge is 2.63. The second-order valence-corrected chi connectivity index (χ2v) is 10.7. The predicted octanol–water partition coefficient (Wildman–Crippen LogP) is 4.17. The van der Waals surface area contributed by atoms with Gasteiger partial charge in [0.1, 0.15) is 12.3 Å². The monoisotopic (exact) mass is 525 g/mol. The first-order chi connectivity index (χ1) is 18.5. The van der Waals surface area contributed by atoms with Gasteiger partial charge in [0.05, 0.1) is 6.61 Å². The maximum atomic E-state index is 13.4. The Balaban J connectivity index is 1.13. The van der Waals surface area contributed by atoms with Gasteiger partial charge in [-0.05, 0) is 56.7 Å². The summed E-state index contributed by atoms with van der Waals surface area (Å²) in [7, 11) is 0. The quantitative estimate of drug-likeness (QED) is 0.257. The molecule has 38 heavy (non-hydrogen) atoms. The lowest BCUT2D eigenvalue weighted by molar-refractivity contribution is -0.229. The summed E-state index contributed by atoms with van der Waals surface area (Å²) in [6.45, 7) is 6.28. The van der Waals surface area contributed by atoms with Crippen LogP contribution in [0.15, 0.2) is 30.3 Å². The number of para-hydroxylation sites is 1. The van der Waals surface area contributed by atoms with E-state index in [4.69, 9.17) is 14.2 Å². The molecule has 0 unspecified atom stereocenters. The van der Waals surface area contributed by atoms with Crippen molar-refractivity contribution < 1.29 is 28.6 Å². The van der Waals surface area contributed by atoms with Crippen LogP contribution in [0.25, 0.3) is 5.57 Å². The SMILES string of the molecule is CCCOc1ccccc1C1=CCN(CCCCN2CC3(OC(=O)C(=O)O3)N(C3CCCCC3)C2=O)CC1. The summed E-state index contributed by atoms with van der Waals surface area (Å²) in [4.78, 5) is 42.9. The number of nitrogens with zero attached hydrogens (tertiary/aromatic N) is 3. The number of ether oxygens (including phenoxy) is 3. The van der Waals surface area contributed by atoms with Crippen molar-refractivity contribution in [3.05, 3.63) is 35.9 Å². The van der Waals surface area contributed by atoms with Crippen LogP contribution in [-0.2, 0) is 19.1 Å². The van der Waals surface area contributed by atoms with E-state index in [0.29, 0.717) is 6.54 Å². The Hall–Kier alpha value is -3.07. The van der Waals surface area contributed by atoms with Gasteiger partial charge in [0.2, 0.25) is 0 Å². The van der Waals surface area contributed by atoms with Crippen LogP contribution >= 0.6 is 0 Å². The zero-order valence-electron chi connectivity index (χ0n) is 22.4. The molecule has 3 aliphatic heterocycles. The number of hydrogen-bond donors (Lipinski definition) is 0. The van der Waals surface area contributed by atoms with Gasteiger partial charge in [-0.3, -0.25) is 4.90 Å². The Morgan fingerprint density at radius 3 is 2.45 bits per heavy atom. The molecule has 9 nitrogen and oxygen atoms in total. The van der Waals surface area contributed by atoms with Crippen LogP contribution in [0.4, 0.5) is 4.79 Å². The molecule has 1 aliphatic carbocycles. The second kappa shape index (κ2) is 11.8. The molecule has 1 spiro atoms. The first kappa shape index (κ1) is 26.5. The fourth-order valence-corrected chi connectivity index (χ4v) is 6.05. The molecule has 0 aromatic heterocycles. The fourth-order valence-electron chi connectivity index (χ4n) is 6.05. The molecule has 4 aliphatic rings. The van der Waals surface area contributed by atoms with E-state index in [2.05, 4.69) is 30.0 Å². The van der Waals surface area contributed by atoms with E-state index in [-0.39, 0.29) is 18.6 Å². The van der Waals surface area contributed by atoms with Gasteiger partial charge in [0.15, 0.2) is 0 Å². The van der Waals surface area contributed by atoms with Gasteiger partial charge >= 0.3 is 23.9 Å². The normalized spacial score (nSPS) is 22.1. The molecule has 2 saturated heterocycles. The third-order valence-corrected chi connectivity index (χ3v) is 7.99. The van der Waals surface area contributed by atoms with E-state index in [1.807, 2.05) is 12.1 Å². The minimum Gasteiger partial charge on any atom is -0.493 e. The van der Waals surface area contributed by atoms with E-state index < -0.39 is 17.8 Å². The van der Waals surface area contributed by atoms with Crippen molar-refractivity contribution in [2.45, 2.75) is 76.7 Å². The molecule has 3 heterocycles. The van der Waals surface area contributed by atoms with Gasteiger partial charge in [0.25, 0.3) is 0 Å². The molecule has 1 saturated carbocycles. The summed E-state index contributed by atoms with van der Waals surface area (Å²) < 4.78 is 16.7. The van der Waals surface area contributed by atoms with Crippen LogP contribution in [-0.4, -0.2) is 84.0 Å². The lowest BCUT2D eigenvalue weighted by Gasteiger charge is -2.37. The average Bonchev–Trinajstić information content (AvgIpc) is 3.37. The van der Waals surface area contributed by atoms with Crippen molar-refractivity contribution >= 4 is 23.5 Å². The first-order valence-corrected chi connectivity index (χ1v) is 14.2. The number of hydrogen-bond acceptors (Lipinski definition) is 7. The molecule has 0 atom stereocenters. The number of esters is 2. The van der Waals surface area contributed by atoms with E-state index in [9.17, 15) is 14.4 Å². The van der Waals surface area contributed by atoms with Crippen LogP contribution in [0, 0.1) is 0 Å². The summed E-state index contributed by atoms with van der Waals surface area (Å²) in [6.07, 6.45) is 10.8. The summed E-state index contributed by atoms with van der Waals surface area (Å²) in [5.41, 5.74) is 2.53. The van der Waals surface area contributed by atoms with Crippen molar-refractivity contribution in [1.82, 2.24) is 14.7 Å². The van der Waals surface area contributed by atoms with Gasteiger partial charge in [-0.15, -0.1) is 0 Å². The Morgan fingerprint density at radius 1 is 1.00 bits per heavy atom. The molecular weight excluding hydrogens is 486 g/mol. The highest BCUT2D eigenvalue weighted by molar-refractivity contribution is 6.31. The third kappa shape index (κ3) is 5.53. The maximum absolute atomic E-state index is 13.4. The van der Waals surface area contributed by atoms with E-state index in [1.165, 1.54) is 16.0 Å². The van der Waals surface area contributed by atoms with Gasteiger partial charge < -0.3 is 19.1 Å². The Bertz CT molecular complexity index is 1050. The van der Waals surface area contributed by atoms with Crippen molar-refractivity contribution in [1.29, 1.82) is 0 Å². The van der Waals surface area contributed by atoms with E-state index in [0.717, 1.165) is 89.8 Å². The van der Waals surface area contributed by atoms with E-state index in [1.54, 1.807) is 4.90 Å². The van der Waals surface area contributed by atoms with Gasteiger partial charge in [-0.25, -0.2) is 19.3 Å². The largest absolute Gasteiger partial charge is 0.493 e. The Morgan fingerprint density at radius 2 is 1.74 bits per heavy atom. The minimum absolute atomic E-state index is 0.0770. The molecule has 9 heteroatoms. The minimum atomic E-state index is -1.60. The molecule has 0 radical (unpaired) electrons. The molecular formula is C29H39N3O6. The number of amides is 2. The zero-order chi connectivity index (χ0) is 26.5. The number of unbranched alkanes of at least 4 members (excludes halogenated alkanes) is 1. The molecule has 3 fully saturated rings. The molecule has 0 N–H and O–H groups in total. The van der Waals surface area contributed by atoms with Crippen LogP contribution in [0.5, 0.6) is 5.75 Å². The highest BCUT2D eigenvalue weighted by atomic mass is 16.8. The van der Waals surface area contributed by atoms with Crippen molar-refractivity contribution in [3.8, 4) is 5.75 Å². The summed E-state index contributed by atoms with van der Waals surface area (Å²) in [6, 6.07) is 7.99. The van der Waals surface area contributed by atoms with Gasteiger partial charge in [0, 0.05) is 31.2 Å². The number of carbonyl (C=O) groups is 3. The summed E-state index contributed by atoms with van der Waals surface area (Å²) in [5, 5.41) is 0. The number of benzene rings is 1. The predicted molar refractivity (Wildman–Crippen MR) is 141 cm³/mol. The highest BCUT2D eigenvalue weighted by Crippen LogP contribution is 2.39. The average molecular weight is 526 g/mol. The number of urea groups is 1. The topological polar surface area (TPSA) is 88.6 Å². The zero-order valence-corrected chi connectivity index (χ0v) is 22.4. The van der Waals surface area contributed by atoms with Crippen LogP contribution in [0.1, 0.15) is 70.3 Å². The summed E-state index contributed by atoms with van der Waals surface area (Å²) in [5.74, 6) is -2.67. The van der Waals surface area contributed by atoms with Crippen molar-refractivity contribution in [2.24, 2.45) is 0 Å². The Kier molecular flexibility index (Phi) is 8.21. The second-order valence-electron chi connectivity index (χ2n) is 10.7. The molecule has 206 valence electrons. The lowest BCUT2D eigenvalue weighted by Crippen LogP contribution is -2.54. The van der Waals surface area contributed by atoms with Crippen LogP contribution in [0.2, 0.25) is 0 Å². The van der Waals surface area contributed by atoms with Crippen LogP contribution < -0.4 is 4.74 Å². The number of rotatable bonds is 10. The molecule has 5 rings (SSSR count). The summed E-state index contributed by atoms with van der Waals surface area (Å²) >= 11 is 0. The molecule has 1 aromatic carbocycles. The van der Waals surface area contributed by atoms with Gasteiger partial charge in [-0.2, -0.15) is 0 Å². The molecule has 2 amide bonds. The Labute approximate surface area is 224 Å². The number of carbonyl (C=O) groups excluding carboxylic acids is 3. The third-order valence-electron chi connectivity index (χ3n) is 7.99. The van der Waals surface area contributed by atoms with Crippen molar-refractivity contribution in [2.75, 3.05) is 39.3 Å². The van der Waals surface area contributed by atoms with E-state index >= 15 is 0 Å². The van der Waals surface area contributed by atoms with Crippen LogP contribution in [0.3, 0.4) is 0 Å². The lowest BCUT2D eigenvalue weighted by atomic mass is 9.94. The maximum Gasteiger partial charge on any atom is 0.422 e. The molecule has 1 aromatic rings. The van der Waals surface area contributed by atoms with Gasteiger partial charge in [-0.1, -0.05) is 50.5 Å². The van der Waals surface area contributed by atoms with Crippen molar-refractivity contribution in [3.63, 3.8) is 0 Å². The smallest absolute Gasteiger partial charge is 0.422 e. The molecule has 0 bridgehead atoms. The first-order valence-electron chi connectivity index (χ1n) is 14.2.